The highest BCUT2D eigenvalue weighted by Gasteiger charge is 2.38. The molecule has 0 aromatic heterocycles. The summed E-state index contributed by atoms with van der Waals surface area (Å²) in [5, 5.41) is 3.08. The normalized spacial score (nSPS) is 11.4. The van der Waals surface area contributed by atoms with Crippen LogP contribution < -0.4 is 15.6 Å². The van der Waals surface area contributed by atoms with E-state index >= 15 is 0 Å². The maximum Gasteiger partial charge on any atom is 0.285 e. The number of benzene rings is 3. The Morgan fingerprint density at radius 3 is 1.41 bits per heavy atom. The van der Waals surface area contributed by atoms with Gasteiger partial charge in [0.15, 0.2) is 0 Å². The average molecular weight is 304 g/mol. The molecule has 0 heterocycles. The largest absolute Gasteiger partial charge is 0.421 e. The fourth-order valence-corrected chi connectivity index (χ4v) is 6.27. The SMILES string of the molecule is Cc1cc(C)cc([Si](O)(c2ccccc2)c2ccccc2)c1. The first-order chi connectivity index (χ1) is 10.6. The monoisotopic (exact) mass is 304 g/mol. The standard InChI is InChI=1S/C20H20OSi/c1-16-13-17(2)15-20(14-16)22(21,18-9-5-3-6-10-18)19-11-7-4-8-12-19/h3-15,21H,1-2H3. The highest BCUT2D eigenvalue weighted by molar-refractivity contribution is 7.06. The van der Waals surface area contributed by atoms with Gasteiger partial charge in [-0.15, -0.1) is 0 Å². The molecule has 0 unspecified atom stereocenters. The van der Waals surface area contributed by atoms with Gasteiger partial charge in [0.05, 0.1) is 0 Å². The summed E-state index contributed by atoms with van der Waals surface area (Å²) in [6.07, 6.45) is 0. The maximum absolute atomic E-state index is 11.8. The molecule has 1 nitrogen and oxygen atoms in total. The summed E-state index contributed by atoms with van der Waals surface area (Å²) in [7, 11) is -2.94. The van der Waals surface area contributed by atoms with Crippen molar-refractivity contribution in [1.82, 2.24) is 0 Å². The highest BCUT2D eigenvalue weighted by atomic mass is 28.4. The molecule has 3 rings (SSSR count). The smallest absolute Gasteiger partial charge is 0.285 e. The van der Waals surface area contributed by atoms with Crippen molar-refractivity contribution in [3.8, 4) is 0 Å². The lowest BCUT2D eigenvalue weighted by molar-refractivity contribution is 0.583. The van der Waals surface area contributed by atoms with Crippen LogP contribution in [0.1, 0.15) is 11.1 Å². The molecule has 1 N–H and O–H groups in total. The minimum Gasteiger partial charge on any atom is -0.421 e. The molecule has 3 aromatic carbocycles. The summed E-state index contributed by atoms with van der Waals surface area (Å²) in [6.45, 7) is 4.17. The van der Waals surface area contributed by atoms with E-state index in [1.165, 1.54) is 11.1 Å². The number of hydrogen-bond donors (Lipinski definition) is 1. The second-order valence-electron chi connectivity index (χ2n) is 5.82. The molecule has 110 valence electrons. The van der Waals surface area contributed by atoms with Crippen molar-refractivity contribution >= 4 is 23.9 Å². The summed E-state index contributed by atoms with van der Waals surface area (Å²) in [6, 6.07) is 26.5. The van der Waals surface area contributed by atoms with Gasteiger partial charge in [-0.05, 0) is 29.4 Å². The molecule has 3 aromatic rings. The van der Waals surface area contributed by atoms with Crippen LogP contribution in [0.4, 0.5) is 0 Å². The van der Waals surface area contributed by atoms with Crippen molar-refractivity contribution in [1.29, 1.82) is 0 Å². The summed E-state index contributed by atoms with van der Waals surface area (Å²) < 4.78 is 0. The van der Waals surface area contributed by atoms with Crippen LogP contribution in [0.5, 0.6) is 0 Å². The van der Waals surface area contributed by atoms with E-state index in [-0.39, 0.29) is 0 Å². The highest BCUT2D eigenvalue weighted by Crippen LogP contribution is 2.08. The van der Waals surface area contributed by atoms with E-state index in [9.17, 15) is 4.80 Å². The van der Waals surface area contributed by atoms with E-state index in [0.29, 0.717) is 0 Å². The van der Waals surface area contributed by atoms with Crippen molar-refractivity contribution in [2.24, 2.45) is 0 Å². The van der Waals surface area contributed by atoms with E-state index in [1.807, 2.05) is 60.7 Å². The molecule has 0 atom stereocenters. The molecule has 0 saturated heterocycles. The Morgan fingerprint density at radius 1 is 0.591 bits per heavy atom. The zero-order valence-corrected chi connectivity index (χ0v) is 14.0. The lowest BCUT2D eigenvalue weighted by Gasteiger charge is -2.27. The first-order valence-electron chi connectivity index (χ1n) is 7.53. The fourth-order valence-electron chi connectivity index (χ4n) is 3.04. The van der Waals surface area contributed by atoms with Gasteiger partial charge in [0.2, 0.25) is 0 Å². The van der Waals surface area contributed by atoms with Gasteiger partial charge in [-0.25, -0.2) is 0 Å². The molecule has 0 bridgehead atoms. The molecule has 2 heteroatoms. The van der Waals surface area contributed by atoms with Gasteiger partial charge >= 0.3 is 0 Å². The average Bonchev–Trinajstić information content (AvgIpc) is 2.55. The van der Waals surface area contributed by atoms with E-state index in [0.717, 1.165) is 15.6 Å². The van der Waals surface area contributed by atoms with Gasteiger partial charge in [-0.3, -0.25) is 0 Å². The van der Waals surface area contributed by atoms with Crippen LogP contribution >= 0.6 is 0 Å². The first kappa shape index (κ1) is 14.8. The zero-order chi connectivity index (χ0) is 15.6. The Kier molecular flexibility index (Phi) is 3.97. The van der Waals surface area contributed by atoms with Crippen molar-refractivity contribution in [2.75, 3.05) is 0 Å². The van der Waals surface area contributed by atoms with Crippen molar-refractivity contribution < 1.29 is 4.80 Å². The van der Waals surface area contributed by atoms with Crippen LogP contribution in [0, 0.1) is 13.8 Å². The van der Waals surface area contributed by atoms with Gasteiger partial charge in [0.25, 0.3) is 8.32 Å². The van der Waals surface area contributed by atoms with E-state index in [1.54, 1.807) is 0 Å². The van der Waals surface area contributed by atoms with Crippen LogP contribution in [0.3, 0.4) is 0 Å². The van der Waals surface area contributed by atoms with Crippen LogP contribution in [0.2, 0.25) is 0 Å². The van der Waals surface area contributed by atoms with E-state index < -0.39 is 8.32 Å². The Labute approximate surface area is 133 Å². The third kappa shape index (κ3) is 2.63. The molecule has 0 spiro atoms. The van der Waals surface area contributed by atoms with Gasteiger partial charge in [0, 0.05) is 0 Å². The summed E-state index contributed by atoms with van der Waals surface area (Å²) in [5.74, 6) is 0. The minimum absolute atomic E-state index is 1.02. The molecule has 0 amide bonds. The van der Waals surface area contributed by atoms with Gasteiger partial charge in [0.1, 0.15) is 0 Å². The van der Waals surface area contributed by atoms with Gasteiger partial charge in [-0.2, -0.15) is 0 Å². The quantitative estimate of drug-likeness (QED) is 0.581. The second kappa shape index (κ2) is 5.91. The molecule has 0 aliphatic carbocycles. The molecule has 22 heavy (non-hydrogen) atoms. The van der Waals surface area contributed by atoms with Crippen LogP contribution in [-0.2, 0) is 0 Å². The molecular weight excluding hydrogens is 284 g/mol. The Hall–Kier alpha value is -2.16. The van der Waals surface area contributed by atoms with Crippen LogP contribution in [0.25, 0.3) is 0 Å². The first-order valence-corrected chi connectivity index (χ1v) is 9.47. The summed E-state index contributed by atoms with van der Waals surface area (Å²) >= 11 is 0. The Bertz CT molecular complexity index is 706. The maximum atomic E-state index is 11.8. The van der Waals surface area contributed by atoms with Crippen LogP contribution in [-0.4, -0.2) is 13.1 Å². The minimum atomic E-state index is -2.94. The fraction of sp³-hybridized carbons (Fsp3) is 0.100. The second-order valence-corrected chi connectivity index (χ2v) is 8.97. The molecule has 0 aliphatic rings. The van der Waals surface area contributed by atoms with Crippen molar-refractivity contribution in [2.45, 2.75) is 13.8 Å². The Morgan fingerprint density at radius 2 is 1.00 bits per heavy atom. The van der Waals surface area contributed by atoms with E-state index in [4.69, 9.17) is 0 Å². The number of aryl methyl sites for hydroxylation is 2. The van der Waals surface area contributed by atoms with Gasteiger partial charge < -0.3 is 4.80 Å². The Balaban J connectivity index is 2.28. The summed E-state index contributed by atoms with van der Waals surface area (Å²) in [5.41, 5.74) is 2.38. The molecule has 0 saturated carbocycles. The topological polar surface area (TPSA) is 20.2 Å². The van der Waals surface area contributed by atoms with Crippen molar-refractivity contribution in [3.05, 3.63) is 90.0 Å². The van der Waals surface area contributed by atoms with Crippen LogP contribution in [0.15, 0.2) is 78.9 Å². The number of hydrogen-bond acceptors (Lipinski definition) is 1. The molecule has 0 aliphatic heterocycles. The molecule has 0 radical (unpaired) electrons. The number of rotatable bonds is 3. The third-order valence-electron chi connectivity index (χ3n) is 4.02. The van der Waals surface area contributed by atoms with Gasteiger partial charge in [-0.1, -0.05) is 90.0 Å². The zero-order valence-electron chi connectivity index (χ0n) is 13.0. The predicted molar refractivity (Wildman–Crippen MR) is 95.7 cm³/mol. The predicted octanol–water partition coefficient (Wildman–Crippen LogP) is 2.26. The molecule has 0 fully saturated rings. The lowest BCUT2D eigenvalue weighted by atomic mass is 10.2. The van der Waals surface area contributed by atoms with E-state index in [2.05, 4.69) is 32.0 Å². The molecular formula is C20H20OSi. The third-order valence-corrected chi connectivity index (χ3v) is 7.48. The van der Waals surface area contributed by atoms with Crippen molar-refractivity contribution in [3.63, 3.8) is 0 Å². The lowest BCUT2D eigenvalue weighted by Crippen LogP contribution is -2.67. The summed E-state index contributed by atoms with van der Waals surface area (Å²) in [4.78, 5) is 11.8.